The van der Waals surface area contributed by atoms with Gasteiger partial charge in [-0.1, -0.05) is 30.4 Å². The Hall–Kier alpha value is -0.900. The Morgan fingerprint density at radius 1 is 1.21 bits per heavy atom. The molecule has 0 aliphatic heterocycles. The van der Waals surface area contributed by atoms with Gasteiger partial charge in [0.15, 0.2) is 0 Å². The first kappa shape index (κ1) is 13.1. The Morgan fingerprint density at radius 2 is 1.86 bits per heavy atom. The van der Waals surface area contributed by atoms with Crippen molar-refractivity contribution in [2.45, 2.75) is 26.1 Å². The monoisotopic (exact) mass is 198 g/mol. The molecule has 0 aliphatic carbocycles. The summed E-state index contributed by atoms with van der Waals surface area (Å²) in [4.78, 5) is 0. The molecule has 0 amide bonds. The molecule has 3 nitrogen and oxygen atoms in total. The molecule has 0 aromatic rings. The first-order valence-electron chi connectivity index (χ1n) is 4.58. The van der Waals surface area contributed by atoms with E-state index in [0.29, 0.717) is 5.57 Å². The molecule has 0 aromatic heterocycles. The summed E-state index contributed by atoms with van der Waals surface area (Å²) in [5.74, 6) is 0. The van der Waals surface area contributed by atoms with E-state index >= 15 is 0 Å². The van der Waals surface area contributed by atoms with E-state index in [1.54, 1.807) is 31.2 Å². The van der Waals surface area contributed by atoms with Crippen LogP contribution in [-0.4, -0.2) is 34.1 Å². The maximum atomic E-state index is 9.57. The van der Waals surface area contributed by atoms with Crippen LogP contribution in [0, 0.1) is 0 Å². The molecule has 0 heterocycles. The SMILES string of the molecule is CC=CC=C(CO)C(O)C(O)C=CC. The highest BCUT2D eigenvalue weighted by atomic mass is 16.3. The summed E-state index contributed by atoms with van der Waals surface area (Å²) in [7, 11) is 0. The number of hydrogen-bond acceptors (Lipinski definition) is 3. The lowest BCUT2D eigenvalue weighted by Gasteiger charge is -2.16. The molecule has 0 rings (SSSR count). The van der Waals surface area contributed by atoms with Crippen LogP contribution >= 0.6 is 0 Å². The largest absolute Gasteiger partial charge is 0.392 e. The van der Waals surface area contributed by atoms with Crippen molar-refractivity contribution in [3.63, 3.8) is 0 Å². The van der Waals surface area contributed by atoms with E-state index in [1.807, 2.05) is 6.92 Å². The Morgan fingerprint density at radius 3 is 2.29 bits per heavy atom. The Kier molecular flexibility index (Phi) is 7.02. The predicted molar refractivity (Wildman–Crippen MR) is 56.8 cm³/mol. The van der Waals surface area contributed by atoms with Crippen molar-refractivity contribution in [2.24, 2.45) is 0 Å². The molecular weight excluding hydrogens is 180 g/mol. The number of aliphatic hydroxyl groups is 3. The van der Waals surface area contributed by atoms with Gasteiger partial charge in [0.1, 0.15) is 12.2 Å². The fourth-order valence-corrected chi connectivity index (χ4v) is 0.986. The van der Waals surface area contributed by atoms with Crippen molar-refractivity contribution in [3.8, 4) is 0 Å². The van der Waals surface area contributed by atoms with Crippen LogP contribution in [0.2, 0.25) is 0 Å². The van der Waals surface area contributed by atoms with E-state index in [0.717, 1.165) is 0 Å². The van der Waals surface area contributed by atoms with E-state index in [9.17, 15) is 10.2 Å². The lowest BCUT2D eigenvalue weighted by Crippen LogP contribution is -2.27. The average Bonchev–Trinajstić information content (AvgIpc) is 2.19. The molecule has 3 heteroatoms. The summed E-state index contributed by atoms with van der Waals surface area (Å²) in [5.41, 5.74) is 0.397. The molecule has 0 saturated heterocycles. The molecule has 80 valence electrons. The van der Waals surface area contributed by atoms with Gasteiger partial charge in [0.25, 0.3) is 0 Å². The van der Waals surface area contributed by atoms with Crippen molar-refractivity contribution < 1.29 is 15.3 Å². The molecule has 14 heavy (non-hydrogen) atoms. The molecule has 0 aromatic carbocycles. The van der Waals surface area contributed by atoms with Gasteiger partial charge in [0.2, 0.25) is 0 Å². The molecule has 0 radical (unpaired) electrons. The van der Waals surface area contributed by atoms with Crippen LogP contribution in [0.1, 0.15) is 13.8 Å². The Balaban J connectivity index is 4.52. The van der Waals surface area contributed by atoms with E-state index in [4.69, 9.17) is 5.11 Å². The zero-order chi connectivity index (χ0) is 11.0. The standard InChI is InChI=1S/C11H18O3/c1-3-5-7-9(8-12)11(14)10(13)6-4-2/h3-7,10-14H,8H2,1-2H3. The van der Waals surface area contributed by atoms with Crippen LogP contribution in [-0.2, 0) is 0 Å². The Labute approximate surface area is 84.7 Å². The normalized spacial score (nSPS) is 17.9. The molecule has 0 spiro atoms. The first-order valence-corrected chi connectivity index (χ1v) is 4.58. The number of aliphatic hydroxyl groups excluding tert-OH is 3. The van der Waals surface area contributed by atoms with Crippen LogP contribution in [0.5, 0.6) is 0 Å². The van der Waals surface area contributed by atoms with Gasteiger partial charge in [0, 0.05) is 0 Å². The quantitative estimate of drug-likeness (QED) is 0.452. The molecule has 2 atom stereocenters. The highest BCUT2D eigenvalue weighted by Crippen LogP contribution is 2.08. The van der Waals surface area contributed by atoms with Gasteiger partial charge in [-0.3, -0.25) is 0 Å². The van der Waals surface area contributed by atoms with Crippen LogP contribution in [0.25, 0.3) is 0 Å². The maximum Gasteiger partial charge on any atom is 0.107 e. The molecule has 0 aliphatic rings. The van der Waals surface area contributed by atoms with Crippen molar-refractivity contribution in [1.82, 2.24) is 0 Å². The molecule has 0 saturated carbocycles. The topological polar surface area (TPSA) is 60.7 Å². The van der Waals surface area contributed by atoms with Gasteiger partial charge in [-0.05, 0) is 19.4 Å². The third kappa shape index (κ3) is 4.37. The van der Waals surface area contributed by atoms with Crippen molar-refractivity contribution in [1.29, 1.82) is 0 Å². The predicted octanol–water partition coefficient (Wildman–Crippen LogP) is 0.779. The fourth-order valence-electron chi connectivity index (χ4n) is 0.986. The molecule has 0 fully saturated rings. The minimum atomic E-state index is -1.05. The van der Waals surface area contributed by atoms with Gasteiger partial charge in [-0.15, -0.1) is 0 Å². The van der Waals surface area contributed by atoms with Crippen molar-refractivity contribution in [2.75, 3.05) is 6.61 Å². The van der Waals surface area contributed by atoms with E-state index < -0.39 is 12.2 Å². The highest BCUT2D eigenvalue weighted by molar-refractivity contribution is 5.19. The molecule has 3 N–H and O–H groups in total. The van der Waals surface area contributed by atoms with Gasteiger partial charge < -0.3 is 15.3 Å². The van der Waals surface area contributed by atoms with E-state index in [1.165, 1.54) is 6.08 Å². The van der Waals surface area contributed by atoms with Gasteiger partial charge in [0.05, 0.1) is 6.61 Å². The summed E-state index contributed by atoms with van der Waals surface area (Å²) in [6, 6.07) is 0. The molecular formula is C11H18O3. The Bertz CT molecular complexity index is 229. The molecule has 0 bridgehead atoms. The van der Waals surface area contributed by atoms with Crippen LogP contribution in [0.3, 0.4) is 0 Å². The highest BCUT2D eigenvalue weighted by Gasteiger charge is 2.16. The van der Waals surface area contributed by atoms with Crippen LogP contribution < -0.4 is 0 Å². The fraction of sp³-hybridized carbons (Fsp3) is 0.455. The number of allylic oxidation sites excluding steroid dienone is 4. The summed E-state index contributed by atoms with van der Waals surface area (Å²) >= 11 is 0. The lowest BCUT2D eigenvalue weighted by atomic mass is 10.0. The van der Waals surface area contributed by atoms with Gasteiger partial charge in [-0.25, -0.2) is 0 Å². The van der Waals surface area contributed by atoms with E-state index in [-0.39, 0.29) is 6.61 Å². The van der Waals surface area contributed by atoms with Crippen LogP contribution in [0.15, 0.2) is 36.0 Å². The average molecular weight is 198 g/mol. The zero-order valence-corrected chi connectivity index (χ0v) is 8.59. The minimum absolute atomic E-state index is 0.264. The van der Waals surface area contributed by atoms with Crippen molar-refractivity contribution >= 4 is 0 Å². The maximum absolute atomic E-state index is 9.57. The number of rotatable bonds is 5. The van der Waals surface area contributed by atoms with Crippen LogP contribution in [0.4, 0.5) is 0 Å². The third-order valence-electron chi connectivity index (χ3n) is 1.78. The van der Waals surface area contributed by atoms with Gasteiger partial charge >= 0.3 is 0 Å². The second kappa shape index (κ2) is 7.50. The number of hydrogen-bond donors (Lipinski definition) is 3. The smallest absolute Gasteiger partial charge is 0.107 e. The zero-order valence-electron chi connectivity index (χ0n) is 8.59. The first-order chi connectivity index (χ1) is 6.67. The minimum Gasteiger partial charge on any atom is -0.392 e. The molecule has 2 unspecified atom stereocenters. The van der Waals surface area contributed by atoms with E-state index in [2.05, 4.69) is 0 Å². The van der Waals surface area contributed by atoms with Gasteiger partial charge in [-0.2, -0.15) is 0 Å². The summed E-state index contributed by atoms with van der Waals surface area (Å²) < 4.78 is 0. The summed E-state index contributed by atoms with van der Waals surface area (Å²) in [6.45, 7) is 3.32. The van der Waals surface area contributed by atoms with Crippen molar-refractivity contribution in [3.05, 3.63) is 36.0 Å². The third-order valence-corrected chi connectivity index (χ3v) is 1.78. The summed E-state index contributed by atoms with van der Waals surface area (Å²) in [5, 5.41) is 27.9. The second-order valence-corrected chi connectivity index (χ2v) is 2.89. The lowest BCUT2D eigenvalue weighted by molar-refractivity contribution is 0.0654. The summed E-state index contributed by atoms with van der Waals surface area (Å²) in [6.07, 6.45) is 6.19. The second-order valence-electron chi connectivity index (χ2n) is 2.89.